The average Bonchev–Trinajstić information content (AvgIpc) is 3.11. The Morgan fingerprint density at radius 1 is 1.30 bits per heavy atom. The molecule has 7 nitrogen and oxygen atoms in total. The van der Waals surface area contributed by atoms with E-state index >= 15 is 0 Å². The van der Waals surface area contributed by atoms with Crippen LogP contribution in [0.3, 0.4) is 0 Å². The molecule has 0 radical (unpaired) electrons. The van der Waals surface area contributed by atoms with Crippen molar-refractivity contribution in [1.82, 2.24) is 24.3 Å². The fourth-order valence-electron chi connectivity index (χ4n) is 2.88. The van der Waals surface area contributed by atoms with Gasteiger partial charge in [-0.25, -0.2) is 4.98 Å². The van der Waals surface area contributed by atoms with E-state index < -0.39 is 0 Å². The molecule has 2 heterocycles. The molecule has 0 aliphatic heterocycles. The Hall–Kier alpha value is -2.06. The zero-order valence-corrected chi connectivity index (χ0v) is 17.2. The Morgan fingerprint density at radius 2 is 2.07 bits per heavy atom. The van der Waals surface area contributed by atoms with Crippen molar-refractivity contribution < 1.29 is 4.79 Å². The summed E-state index contributed by atoms with van der Waals surface area (Å²) in [5.74, 6) is 2.50. The van der Waals surface area contributed by atoms with Gasteiger partial charge >= 0.3 is 0 Å². The zero-order chi connectivity index (χ0) is 19.6. The number of rotatable bonds is 8. The fourth-order valence-corrected chi connectivity index (χ4v) is 3.99. The van der Waals surface area contributed by atoms with Crippen LogP contribution in [0.1, 0.15) is 31.9 Å². The Kier molecular flexibility index (Phi) is 6.06. The van der Waals surface area contributed by atoms with E-state index in [1.165, 1.54) is 0 Å². The molecule has 3 aromatic rings. The molecule has 27 heavy (non-hydrogen) atoms. The Labute approximate surface area is 167 Å². The van der Waals surface area contributed by atoms with Gasteiger partial charge in [0.25, 0.3) is 0 Å². The Bertz CT molecular complexity index is 964. The third kappa shape index (κ3) is 4.62. The number of aromatic nitrogens is 5. The molecule has 0 fully saturated rings. The third-order valence-corrected chi connectivity index (χ3v) is 5.40. The van der Waals surface area contributed by atoms with E-state index in [9.17, 15) is 4.79 Å². The molecule has 0 bridgehead atoms. The zero-order valence-electron chi connectivity index (χ0n) is 15.6. The first-order valence-corrected chi connectivity index (χ1v) is 10.2. The number of benzene rings is 1. The maximum absolute atomic E-state index is 11.1. The summed E-state index contributed by atoms with van der Waals surface area (Å²) in [7, 11) is 2.00. The number of fused-ring (bicyclic) bond motifs is 1. The van der Waals surface area contributed by atoms with Gasteiger partial charge < -0.3 is 14.9 Å². The number of halogens is 1. The molecule has 0 saturated carbocycles. The van der Waals surface area contributed by atoms with Crippen LogP contribution >= 0.6 is 23.4 Å². The van der Waals surface area contributed by atoms with Crippen LogP contribution in [0.4, 0.5) is 0 Å². The van der Waals surface area contributed by atoms with E-state index in [-0.39, 0.29) is 12.3 Å². The lowest BCUT2D eigenvalue weighted by Gasteiger charge is -2.12. The van der Waals surface area contributed by atoms with Crippen LogP contribution < -0.4 is 5.73 Å². The van der Waals surface area contributed by atoms with Gasteiger partial charge in [0, 0.05) is 31.5 Å². The number of carbonyl (C=O) groups is 1. The summed E-state index contributed by atoms with van der Waals surface area (Å²) in [6.45, 7) is 5.07. The minimum atomic E-state index is -0.332. The molecule has 0 aliphatic rings. The number of thioether (sulfide) groups is 1. The number of amides is 1. The van der Waals surface area contributed by atoms with Crippen LogP contribution in [0.5, 0.6) is 0 Å². The van der Waals surface area contributed by atoms with Crippen LogP contribution in [0.2, 0.25) is 5.02 Å². The Morgan fingerprint density at radius 3 is 2.78 bits per heavy atom. The highest BCUT2D eigenvalue weighted by molar-refractivity contribution is 7.98. The minimum Gasteiger partial charge on any atom is -0.370 e. The minimum absolute atomic E-state index is 0.270. The number of primary amides is 1. The smallest absolute Gasteiger partial charge is 0.217 e. The van der Waals surface area contributed by atoms with E-state index in [0.29, 0.717) is 23.1 Å². The molecule has 144 valence electrons. The largest absolute Gasteiger partial charge is 0.370 e. The number of carbonyl (C=O) groups excluding carboxylic acids is 1. The molecule has 2 aromatic heterocycles. The standard InChI is InChI=1S/C18H23ClN6OS/c1-11(2)9-25-16(7-6-15(20)26)22-23-18(25)27-10-17-21-13-8-12(19)4-5-14(13)24(17)3/h4-5,8,11H,6-7,9-10H2,1-3H3,(H2,20,26). The van der Waals surface area contributed by atoms with E-state index in [1.807, 2.05) is 25.2 Å². The van der Waals surface area contributed by atoms with Gasteiger partial charge in [0.2, 0.25) is 5.91 Å². The maximum atomic E-state index is 11.1. The van der Waals surface area contributed by atoms with Crippen LogP contribution in [0, 0.1) is 5.92 Å². The quantitative estimate of drug-likeness (QED) is 0.580. The second-order valence-corrected chi connectivity index (χ2v) is 8.26. The molecule has 0 atom stereocenters. The first kappa shape index (κ1) is 19.7. The van der Waals surface area contributed by atoms with Crippen molar-refractivity contribution in [3.63, 3.8) is 0 Å². The van der Waals surface area contributed by atoms with Gasteiger partial charge in [-0.15, -0.1) is 10.2 Å². The topological polar surface area (TPSA) is 91.6 Å². The van der Waals surface area contributed by atoms with Gasteiger partial charge in [-0.2, -0.15) is 0 Å². The van der Waals surface area contributed by atoms with E-state index in [2.05, 4.69) is 38.2 Å². The molecule has 1 aromatic carbocycles. The molecule has 1 amide bonds. The molecular formula is C18H23ClN6OS. The highest BCUT2D eigenvalue weighted by Crippen LogP contribution is 2.26. The van der Waals surface area contributed by atoms with Gasteiger partial charge in [0.1, 0.15) is 11.6 Å². The number of nitrogens with two attached hydrogens (primary N) is 1. The first-order chi connectivity index (χ1) is 12.8. The van der Waals surface area contributed by atoms with E-state index in [1.54, 1.807) is 11.8 Å². The van der Waals surface area contributed by atoms with Gasteiger partial charge in [-0.1, -0.05) is 37.2 Å². The van der Waals surface area contributed by atoms with E-state index in [4.69, 9.17) is 17.3 Å². The second kappa shape index (κ2) is 8.31. The lowest BCUT2D eigenvalue weighted by atomic mass is 10.2. The number of nitrogens with zero attached hydrogens (tertiary/aromatic N) is 5. The summed E-state index contributed by atoms with van der Waals surface area (Å²) in [5.41, 5.74) is 7.20. The molecule has 0 spiro atoms. The molecule has 0 saturated heterocycles. The van der Waals surface area contributed by atoms with Gasteiger partial charge in [0.05, 0.1) is 16.8 Å². The summed E-state index contributed by atoms with van der Waals surface area (Å²) >= 11 is 7.66. The van der Waals surface area contributed by atoms with E-state index in [0.717, 1.165) is 34.4 Å². The summed E-state index contributed by atoms with van der Waals surface area (Å²) in [5, 5.41) is 10.1. The predicted octanol–water partition coefficient (Wildman–Crippen LogP) is 3.18. The van der Waals surface area contributed by atoms with Crippen molar-refractivity contribution in [2.45, 2.75) is 44.1 Å². The highest BCUT2D eigenvalue weighted by atomic mass is 35.5. The normalized spacial score (nSPS) is 11.6. The number of imidazole rings is 1. The number of hydrogen-bond donors (Lipinski definition) is 1. The number of hydrogen-bond acceptors (Lipinski definition) is 5. The predicted molar refractivity (Wildman–Crippen MR) is 108 cm³/mol. The monoisotopic (exact) mass is 406 g/mol. The van der Waals surface area contributed by atoms with Gasteiger partial charge in [-0.05, 0) is 24.1 Å². The summed E-state index contributed by atoms with van der Waals surface area (Å²) in [4.78, 5) is 15.8. The maximum Gasteiger partial charge on any atom is 0.217 e. The fraction of sp³-hybridized carbons (Fsp3) is 0.444. The summed E-state index contributed by atoms with van der Waals surface area (Å²) < 4.78 is 4.15. The highest BCUT2D eigenvalue weighted by Gasteiger charge is 2.16. The van der Waals surface area contributed by atoms with Gasteiger partial charge in [0.15, 0.2) is 5.16 Å². The molecule has 3 rings (SSSR count). The third-order valence-electron chi connectivity index (χ3n) is 4.20. The lowest BCUT2D eigenvalue weighted by molar-refractivity contribution is -0.118. The van der Waals surface area contributed by atoms with Crippen molar-refractivity contribution in [2.75, 3.05) is 0 Å². The summed E-state index contributed by atoms with van der Waals surface area (Å²) in [6.07, 6.45) is 0.771. The van der Waals surface area contributed by atoms with Crippen LogP contribution in [-0.4, -0.2) is 30.2 Å². The van der Waals surface area contributed by atoms with Crippen molar-refractivity contribution in [3.05, 3.63) is 34.9 Å². The molecule has 2 N–H and O–H groups in total. The van der Waals surface area contributed by atoms with Crippen molar-refractivity contribution in [2.24, 2.45) is 18.7 Å². The van der Waals surface area contributed by atoms with Crippen molar-refractivity contribution in [1.29, 1.82) is 0 Å². The summed E-state index contributed by atoms with van der Waals surface area (Å²) in [6, 6.07) is 5.71. The lowest BCUT2D eigenvalue weighted by Crippen LogP contribution is -2.15. The Balaban J connectivity index is 1.81. The number of aryl methyl sites for hydroxylation is 2. The molecule has 9 heteroatoms. The molecule has 0 unspecified atom stereocenters. The average molecular weight is 407 g/mol. The second-order valence-electron chi connectivity index (χ2n) is 6.88. The van der Waals surface area contributed by atoms with Crippen molar-refractivity contribution >= 4 is 40.3 Å². The van der Waals surface area contributed by atoms with Gasteiger partial charge in [-0.3, -0.25) is 4.79 Å². The van der Waals surface area contributed by atoms with Crippen LogP contribution in [-0.2, 0) is 30.6 Å². The first-order valence-electron chi connectivity index (χ1n) is 8.79. The molecule has 0 aliphatic carbocycles. The van der Waals surface area contributed by atoms with Crippen LogP contribution in [0.25, 0.3) is 11.0 Å². The SMILES string of the molecule is CC(C)Cn1c(CCC(N)=O)nnc1SCc1nc2cc(Cl)ccc2n1C. The van der Waals surface area contributed by atoms with Crippen LogP contribution in [0.15, 0.2) is 23.4 Å². The molecular weight excluding hydrogens is 384 g/mol. The van der Waals surface area contributed by atoms with Crippen molar-refractivity contribution in [3.8, 4) is 0 Å².